The van der Waals surface area contributed by atoms with Gasteiger partial charge in [-0.05, 0) is 19.3 Å². The van der Waals surface area contributed by atoms with Gasteiger partial charge in [-0.3, -0.25) is 9.59 Å². The Balaban J connectivity index is 2.59. The van der Waals surface area contributed by atoms with Gasteiger partial charge in [0.25, 0.3) is 0 Å². The molecule has 0 saturated carbocycles. The normalized spacial score (nSPS) is 21.8. The maximum atomic E-state index is 11.9. The molecule has 0 aliphatic carbocycles. The molecule has 1 fully saturated rings. The number of carboxylic acids is 1. The molecule has 16 heavy (non-hydrogen) atoms. The fourth-order valence-corrected chi connectivity index (χ4v) is 2.03. The third-order valence-electron chi connectivity index (χ3n) is 2.81. The number of aliphatic carboxylic acids is 1. The molecule has 3 N–H and O–H groups in total. The zero-order valence-electron chi connectivity index (χ0n) is 9.26. The van der Waals surface area contributed by atoms with Crippen LogP contribution in [0.4, 0.5) is 0 Å². The van der Waals surface area contributed by atoms with E-state index in [4.69, 9.17) is 10.8 Å². The maximum absolute atomic E-state index is 11.9. The lowest BCUT2D eigenvalue weighted by molar-refractivity contribution is -0.140. The second-order valence-electron chi connectivity index (χ2n) is 4.06. The van der Waals surface area contributed by atoms with E-state index in [0.717, 1.165) is 12.8 Å². The molecule has 0 bridgehead atoms. The third kappa shape index (κ3) is 3.06. The zero-order chi connectivity index (χ0) is 12.1. The summed E-state index contributed by atoms with van der Waals surface area (Å²) in [5, 5.41) is 8.73. The van der Waals surface area contributed by atoms with Crippen LogP contribution in [-0.4, -0.2) is 40.5 Å². The number of nitrogens with two attached hydrogens (primary N) is 1. The molecule has 5 nitrogen and oxygen atoms in total. The summed E-state index contributed by atoms with van der Waals surface area (Å²) in [6.45, 7) is 4.14. The van der Waals surface area contributed by atoms with Crippen molar-refractivity contribution >= 4 is 11.9 Å². The molecule has 1 aliphatic heterocycles. The van der Waals surface area contributed by atoms with E-state index >= 15 is 0 Å². The summed E-state index contributed by atoms with van der Waals surface area (Å²) < 4.78 is 0. The van der Waals surface area contributed by atoms with Crippen molar-refractivity contribution in [3.63, 3.8) is 0 Å². The van der Waals surface area contributed by atoms with Crippen LogP contribution < -0.4 is 5.73 Å². The molecule has 2 unspecified atom stereocenters. The molecule has 1 rings (SSSR count). The fraction of sp³-hybridized carbons (Fsp3) is 0.636. The fourth-order valence-electron chi connectivity index (χ4n) is 2.03. The van der Waals surface area contributed by atoms with E-state index in [2.05, 4.69) is 6.58 Å². The second kappa shape index (κ2) is 5.65. The van der Waals surface area contributed by atoms with Gasteiger partial charge < -0.3 is 15.7 Å². The van der Waals surface area contributed by atoms with Crippen molar-refractivity contribution < 1.29 is 14.7 Å². The Hall–Kier alpha value is -1.36. The number of hydrogen-bond donors (Lipinski definition) is 2. The topological polar surface area (TPSA) is 83.6 Å². The summed E-state index contributed by atoms with van der Waals surface area (Å²) in [5.74, 6) is -1.04. The van der Waals surface area contributed by atoms with Crippen molar-refractivity contribution in [2.75, 3.05) is 6.54 Å². The summed E-state index contributed by atoms with van der Waals surface area (Å²) in [6, 6.07) is -0.784. The van der Waals surface area contributed by atoms with Crippen LogP contribution in [0.2, 0.25) is 0 Å². The van der Waals surface area contributed by atoms with Crippen molar-refractivity contribution in [1.29, 1.82) is 0 Å². The first-order valence-corrected chi connectivity index (χ1v) is 5.45. The lowest BCUT2D eigenvalue weighted by Gasteiger charge is -2.26. The van der Waals surface area contributed by atoms with Crippen molar-refractivity contribution in [3.05, 3.63) is 12.7 Å². The molecule has 90 valence electrons. The molecule has 1 heterocycles. The zero-order valence-corrected chi connectivity index (χ0v) is 9.26. The number of carbonyl (C=O) groups is 2. The molecule has 1 amide bonds. The highest BCUT2D eigenvalue weighted by Gasteiger charge is 2.32. The smallest absolute Gasteiger partial charge is 0.305 e. The van der Waals surface area contributed by atoms with Gasteiger partial charge in [0.05, 0.1) is 12.5 Å². The van der Waals surface area contributed by atoms with Gasteiger partial charge in [-0.2, -0.15) is 0 Å². The van der Waals surface area contributed by atoms with E-state index in [1.54, 1.807) is 11.0 Å². The Kier molecular flexibility index (Phi) is 4.49. The minimum absolute atomic E-state index is 0.00650. The van der Waals surface area contributed by atoms with Crippen LogP contribution in [0.25, 0.3) is 0 Å². The largest absolute Gasteiger partial charge is 0.481 e. The van der Waals surface area contributed by atoms with Crippen LogP contribution in [-0.2, 0) is 9.59 Å². The number of nitrogens with zero attached hydrogens (tertiary/aromatic N) is 1. The summed E-state index contributed by atoms with van der Waals surface area (Å²) in [7, 11) is 0. The van der Waals surface area contributed by atoms with E-state index in [0.29, 0.717) is 13.0 Å². The summed E-state index contributed by atoms with van der Waals surface area (Å²) in [4.78, 5) is 24.1. The van der Waals surface area contributed by atoms with Crippen LogP contribution in [0.3, 0.4) is 0 Å². The van der Waals surface area contributed by atoms with Crippen LogP contribution in [0, 0.1) is 0 Å². The Morgan fingerprint density at radius 1 is 1.62 bits per heavy atom. The van der Waals surface area contributed by atoms with Crippen LogP contribution in [0.1, 0.15) is 25.7 Å². The van der Waals surface area contributed by atoms with Gasteiger partial charge in [-0.15, -0.1) is 6.58 Å². The van der Waals surface area contributed by atoms with Crippen molar-refractivity contribution in [2.45, 2.75) is 37.8 Å². The first-order chi connectivity index (χ1) is 7.56. The monoisotopic (exact) mass is 226 g/mol. The highest BCUT2D eigenvalue weighted by atomic mass is 16.4. The number of hydrogen-bond acceptors (Lipinski definition) is 3. The summed E-state index contributed by atoms with van der Waals surface area (Å²) in [6.07, 6.45) is 3.63. The predicted octanol–water partition coefficient (Wildman–Crippen LogP) is 0.355. The average molecular weight is 226 g/mol. The quantitative estimate of drug-likeness (QED) is 0.663. The highest BCUT2D eigenvalue weighted by Crippen LogP contribution is 2.21. The van der Waals surface area contributed by atoms with Crippen molar-refractivity contribution in [3.8, 4) is 0 Å². The molecule has 0 aromatic carbocycles. The molecular weight excluding hydrogens is 208 g/mol. The minimum Gasteiger partial charge on any atom is -0.481 e. The van der Waals surface area contributed by atoms with Crippen molar-refractivity contribution in [2.24, 2.45) is 5.73 Å². The van der Waals surface area contributed by atoms with E-state index < -0.39 is 12.0 Å². The molecule has 5 heteroatoms. The van der Waals surface area contributed by atoms with Gasteiger partial charge in [0.1, 0.15) is 0 Å². The van der Waals surface area contributed by atoms with Crippen LogP contribution >= 0.6 is 0 Å². The number of carboxylic acid groups (broad SMARTS) is 1. The number of rotatable bonds is 5. The Bertz CT molecular complexity index is 291. The SMILES string of the molecule is C=CCC(N)C(=O)N1CCCC1CC(=O)O. The summed E-state index contributed by atoms with van der Waals surface area (Å²) >= 11 is 0. The predicted molar refractivity (Wildman–Crippen MR) is 59.8 cm³/mol. The first kappa shape index (κ1) is 12.7. The lowest BCUT2D eigenvalue weighted by atomic mass is 10.1. The number of likely N-dealkylation sites (tertiary alicyclic amines) is 1. The second-order valence-corrected chi connectivity index (χ2v) is 4.06. The van der Waals surface area contributed by atoms with Crippen LogP contribution in [0.15, 0.2) is 12.7 Å². The molecule has 0 aromatic rings. The molecule has 1 saturated heterocycles. The van der Waals surface area contributed by atoms with Gasteiger partial charge in [0, 0.05) is 12.6 Å². The van der Waals surface area contributed by atoms with E-state index in [1.807, 2.05) is 0 Å². The Labute approximate surface area is 94.9 Å². The number of amides is 1. The standard InChI is InChI=1S/C11H18N2O3/c1-2-4-9(12)11(16)13-6-3-5-8(13)7-10(14)15/h2,8-9H,1,3-7,12H2,(H,14,15). The maximum Gasteiger partial charge on any atom is 0.305 e. The van der Waals surface area contributed by atoms with Crippen LogP contribution in [0.5, 0.6) is 0 Å². The average Bonchev–Trinajstić information content (AvgIpc) is 2.64. The van der Waals surface area contributed by atoms with E-state index in [9.17, 15) is 9.59 Å². The first-order valence-electron chi connectivity index (χ1n) is 5.45. The molecule has 2 atom stereocenters. The summed E-state index contributed by atoms with van der Waals surface area (Å²) in [5.41, 5.74) is 5.69. The van der Waals surface area contributed by atoms with E-state index in [1.165, 1.54) is 0 Å². The third-order valence-corrected chi connectivity index (χ3v) is 2.81. The molecule has 1 aliphatic rings. The number of carbonyl (C=O) groups excluding carboxylic acids is 1. The molecule has 0 aromatic heterocycles. The Morgan fingerprint density at radius 2 is 2.31 bits per heavy atom. The van der Waals surface area contributed by atoms with E-state index in [-0.39, 0.29) is 18.4 Å². The molecular formula is C11H18N2O3. The Morgan fingerprint density at radius 3 is 2.88 bits per heavy atom. The van der Waals surface area contributed by atoms with Gasteiger partial charge in [-0.1, -0.05) is 6.08 Å². The van der Waals surface area contributed by atoms with Gasteiger partial charge >= 0.3 is 5.97 Å². The minimum atomic E-state index is -0.873. The van der Waals surface area contributed by atoms with Crippen molar-refractivity contribution in [1.82, 2.24) is 4.90 Å². The van der Waals surface area contributed by atoms with Gasteiger partial charge in [0.2, 0.25) is 5.91 Å². The highest BCUT2D eigenvalue weighted by molar-refractivity contribution is 5.83. The van der Waals surface area contributed by atoms with Gasteiger partial charge in [-0.25, -0.2) is 0 Å². The molecule has 0 spiro atoms. The molecule has 0 radical (unpaired) electrons. The lowest BCUT2D eigenvalue weighted by Crippen LogP contribution is -2.46. The van der Waals surface area contributed by atoms with Gasteiger partial charge in [0.15, 0.2) is 0 Å².